The van der Waals surface area contributed by atoms with Gasteiger partial charge in [-0.3, -0.25) is 0 Å². The quantitative estimate of drug-likeness (QED) is 0.636. The molecular weight excluding hydrogens is 390 g/mol. The summed E-state index contributed by atoms with van der Waals surface area (Å²) in [6, 6.07) is 6.36. The van der Waals surface area contributed by atoms with Gasteiger partial charge >= 0.3 is 17.1 Å². The fourth-order valence-electron chi connectivity index (χ4n) is 2.65. The molecule has 2 aliphatic rings. The molecular formula is C20H18BrFeN+2. The number of nitrogens with one attached hydrogen (secondary N) is 1. The summed E-state index contributed by atoms with van der Waals surface area (Å²) in [5.41, 5.74) is 2.55. The Morgan fingerprint density at radius 1 is 0.913 bits per heavy atom. The summed E-state index contributed by atoms with van der Waals surface area (Å²) in [5.74, 6) is 1.79. The number of aromatic nitrogens is 1. The van der Waals surface area contributed by atoms with Gasteiger partial charge < -0.3 is 4.98 Å². The van der Waals surface area contributed by atoms with Crippen LogP contribution in [0.3, 0.4) is 0 Å². The molecule has 4 rings (SSSR count). The topological polar surface area (TPSA) is 15.8 Å². The van der Waals surface area contributed by atoms with Gasteiger partial charge in [-0.05, 0) is 93.4 Å². The van der Waals surface area contributed by atoms with Crippen molar-refractivity contribution in [2.24, 2.45) is 0 Å². The van der Waals surface area contributed by atoms with Crippen LogP contribution in [0.1, 0.15) is 18.4 Å². The number of halogens is 1. The van der Waals surface area contributed by atoms with Crippen LogP contribution < -0.4 is 0 Å². The van der Waals surface area contributed by atoms with E-state index >= 15 is 0 Å². The van der Waals surface area contributed by atoms with Crippen molar-refractivity contribution in [2.75, 3.05) is 0 Å². The Kier molecular flexibility index (Phi) is 7.72. The summed E-state index contributed by atoms with van der Waals surface area (Å²) in [4.78, 5) is 3.34. The molecule has 1 nitrogen and oxygen atoms in total. The maximum absolute atomic E-state index is 3.54. The summed E-state index contributed by atoms with van der Waals surface area (Å²) in [6.45, 7) is 2.25. The smallest absolute Gasteiger partial charge is 0.361 e. The third-order valence-electron chi connectivity index (χ3n) is 3.89. The zero-order chi connectivity index (χ0) is 15.4. The second-order valence-corrected chi connectivity index (χ2v) is 6.25. The number of benzene rings is 1. The van der Waals surface area contributed by atoms with Crippen molar-refractivity contribution in [1.29, 1.82) is 0 Å². The maximum atomic E-state index is 3.54. The van der Waals surface area contributed by atoms with Gasteiger partial charge in [0.25, 0.3) is 0 Å². The number of rotatable bonds is 2. The predicted octanol–water partition coefficient (Wildman–Crippen LogP) is 5.46. The first-order valence-electron chi connectivity index (χ1n) is 7.40. The molecule has 10 radical (unpaired) electrons. The van der Waals surface area contributed by atoms with Crippen LogP contribution in [0.15, 0.2) is 28.9 Å². The van der Waals surface area contributed by atoms with Gasteiger partial charge in [-0.2, -0.15) is 0 Å². The Balaban J connectivity index is 0.000000276. The minimum absolute atomic E-state index is 0. The third kappa shape index (κ3) is 4.87. The molecule has 1 heterocycles. The molecule has 0 unspecified atom stereocenters. The van der Waals surface area contributed by atoms with Gasteiger partial charge in [0.05, 0.1) is 0 Å². The number of H-pyrrole nitrogens is 1. The predicted molar refractivity (Wildman–Crippen MR) is 96.4 cm³/mol. The van der Waals surface area contributed by atoms with E-state index in [2.05, 4.69) is 77.9 Å². The van der Waals surface area contributed by atoms with Crippen LogP contribution >= 0.6 is 15.9 Å². The van der Waals surface area contributed by atoms with Crippen molar-refractivity contribution in [3.63, 3.8) is 0 Å². The molecule has 2 aromatic rings. The molecule has 1 aromatic carbocycles. The minimum atomic E-state index is 0. The fraction of sp³-hybridized carbons (Fsp3) is 0.100. The van der Waals surface area contributed by atoms with Crippen molar-refractivity contribution >= 4 is 26.8 Å². The molecule has 0 spiro atoms. The molecule has 1 atom stereocenters. The van der Waals surface area contributed by atoms with Crippen LogP contribution in [0.5, 0.6) is 0 Å². The summed E-state index contributed by atoms with van der Waals surface area (Å²) < 4.78 is 1.13. The molecule has 1 N–H and O–H groups in total. The summed E-state index contributed by atoms with van der Waals surface area (Å²) in [5, 5.41) is 1.30. The van der Waals surface area contributed by atoms with Gasteiger partial charge in [0, 0.05) is 21.6 Å². The molecule has 0 amide bonds. The van der Waals surface area contributed by atoms with Gasteiger partial charge in [0.1, 0.15) is 0 Å². The minimum Gasteiger partial charge on any atom is -0.361 e. The van der Waals surface area contributed by atoms with Crippen molar-refractivity contribution < 1.29 is 17.1 Å². The van der Waals surface area contributed by atoms with E-state index in [0.717, 1.165) is 4.47 Å². The first-order valence-corrected chi connectivity index (χ1v) is 8.20. The van der Waals surface area contributed by atoms with Crippen LogP contribution in [-0.4, -0.2) is 4.98 Å². The van der Waals surface area contributed by atoms with Gasteiger partial charge in [-0.25, -0.2) is 0 Å². The number of fused-ring (bicyclic) bond motifs is 1. The molecule has 3 heteroatoms. The average Bonchev–Trinajstić information content (AvgIpc) is 3.28. The molecule has 1 aromatic heterocycles. The van der Waals surface area contributed by atoms with Crippen LogP contribution in [0.25, 0.3) is 10.9 Å². The van der Waals surface area contributed by atoms with Gasteiger partial charge in [0.15, 0.2) is 0 Å². The molecule has 116 valence electrons. The van der Waals surface area contributed by atoms with Crippen molar-refractivity contribution in [2.45, 2.75) is 12.8 Å². The van der Waals surface area contributed by atoms with Crippen LogP contribution in [0, 0.1) is 63.7 Å². The number of hydrogen-bond donors (Lipinski definition) is 1. The zero-order valence-corrected chi connectivity index (χ0v) is 15.5. The second-order valence-electron chi connectivity index (χ2n) is 5.34. The van der Waals surface area contributed by atoms with E-state index in [-0.39, 0.29) is 17.1 Å². The van der Waals surface area contributed by atoms with E-state index in [1.807, 2.05) is 32.1 Å². The van der Waals surface area contributed by atoms with Crippen molar-refractivity contribution in [1.82, 2.24) is 4.98 Å². The van der Waals surface area contributed by atoms with Gasteiger partial charge in [0.2, 0.25) is 0 Å². The molecule has 0 aliphatic heterocycles. The van der Waals surface area contributed by atoms with Gasteiger partial charge in [-0.1, -0.05) is 22.9 Å². The Bertz CT molecular complexity index is 589. The van der Waals surface area contributed by atoms with E-state index in [1.165, 1.54) is 22.4 Å². The fourth-order valence-corrected chi connectivity index (χ4v) is 3.01. The molecule has 2 fully saturated rings. The summed E-state index contributed by atoms with van der Waals surface area (Å²) in [6.07, 6.45) is 20.7. The van der Waals surface area contributed by atoms with Crippen LogP contribution in [0.2, 0.25) is 0 Å². The van der Waals surface area contributed by atoms with Crippen LogP contribution in [-0.2, 0) is 17.1 Å². The molecule has 0 bridgehead atoms. The Hall–Kier alpha value is -0.241. The van der Waals surface area contributed by atoms with E-state index in [0.29, 0.717) is 5.92 Å². The van der Waals surface area contributed by atoms with Gasteiger partial charge in [-0.15, -0.1) is 0 Å². The zero-order valence-electron chi connectivity index (χ0n) is 12.8. The number of aromatic amines is 1. The monoisotopic (exact) mass is 407 g/mol. The van der Waals surface area contributed by atoms with E-state index in [9.17, 15) is 0 Å². The Morgan fingerprint density at radius 2 is 1.52 bits per heavy atom. The Morgan fingerprint density at radius 3 is 2.13 bits per heavy atom. The molecule has 0 saturated heterocycles. The van der Waals surface area contributed by atoms with E-state index < -0.39 is 0 Å². The normalized spacial score (nSPS) is 19.2. The summed E-state index contributed by atoms with van der Waals surface area (Å²) in [7, 11) is 0. The molecule has 2 aliphatic carbocycles. The maximum Gasteiger partial charge on any atom is 2.00 e. The Labute approximate surface area is 159 Å². The van der Waals surface area contributed by atoms with E-state index in [1.54, 1.807) is 0 Å². The van der Waals surface area contributed by atoms with E-state index in [4.69, 9.17) is 0 Å². The SMILES string of the molecule is C[C@@H]([C]1[CH][CH][CH][CH]1)c1c[nH]c2ccc(Br)cc12.[CH]1[CH][CH][CH][CH]1.[Fe+2]. The second kappa shape index (κ2) is 9.30. The summed E-state index contributed by atoms with van der Waals surface area (Å²) >= 11 is 3.54. The largest absolute Gasteiger partial charge is 2.00 e. The van der Waals surface area contributed by atoms with Crippen molar-refractivity contribution in [3.8, 4) is 0 Å². The first-order chi connectivity index (χ1) is 10.8. The molecule has 2 saturated carbocycles. The first kappa shape index (κ1) is 19.1. The van der Waals surface area contributed by atoms with Crippen LogP contribution in [0.4, 0.5) is 0 Å². The average molecular weight is 408 g/mol. The number of hydrogen-bond acceptors (Lipinski definition) is 0. The standard InChI is InChI=1S/C15H13BrN.C5H5.Fe/c1-10(11-4-2-3-5-11)14-9-17-15-7-6-12(16)8-13(14)15;1-2-4-5-3-1;/h2-10,17H,1H3;1-5H;/q;;+2/t10-;;/m0../s1. The molecule has 23 heavy (non-hydrogen) atoms. The van der Waals surface area contributed by atoms with Crippen molar-refractivity contribution in [3.05, 3.63) is 98.1 Å². The third-order valence-corrected chi connectivity index (χ3v) is 4.38.